The Hall–Kier alpha value is -2.83. The molecule has 142 valence electrons. The van der Waals surface area contributed by atoms with Gasteiger partial charge in [-0.15, -0.1) is 0 Å². The summed E-state index contributed by atoms with van der Waals surface area (Å²) in [7, 11) is -1.21. The van der Waals surface area contributed by atoms with Crippen molar-refractivity contribution in [1.82, 2.24) is 9.21 Å². The summed E-state index contributed by atoms with van der Waals surface area (Å²) in [5.41, 5.74) is 0.696. The van der Waals surface area contributed by atoms with Gasteiger partial charge >= 0.3 is 0 Å². The van der Waals surface area contributed by atoms with Crippen LogP contribution in [0.25, 0.3) is 0 Å². The number of hydrogen-bond acceptors (Lipinski definition) is 4. The molecule has 2 aromatic carbocycles. The lowest BCUT2D eigenvalue weighted by Crippen LogP contribution is -2.39. The van der Waals surface area contributed by atoms with E-state index in [4.69, 9.17) is 5.26 Å². The lowest BCUT2D eigenvalue weighted by atomic mass is 10.2. The number of carbonyl (C=O) groups excluding carboxylic acids is 1. The fourth-order valence-electron chi connectivity index (χ4n) is 2.28. The third-order valence-corrected chi connectivity index (χ3v) is 5.70. The van der Waals surface area contributed by atoms with E-state index in [1.807, 2.05) is 6.07 Å². The summed E-state index contributed by atoms with van der Waals surface area (Å²) in [6, 6.07) is 10.5. The van der Waals surface area contributed by atoms with Gasteiger partial charge in [-0.05, 0) is 42.0 Å². The molecular formula is C18H17F2N3O3S. The molecule has 0 saturated carbocycles. The Kier molecular flexibility index (Phi) is 6.25. The van der Waals surface area contributed by atoms with Crippen LogP contribution >= 0.6 is 0 Å². The van der Waals surface area contributed by atoms with Crippen LogP contribution in [-0.4, -0.2) is 44.2 Å². The van der Waals surface area contributed by atoms with Gasteiger partial charge in [0.2, 0.25) is 15.9 Å². The first-order chi connectivity index (χ1) is 12.6. The molecule has 0 unspecified atom stereocenters. The Balaban J connectivity index is 2.06. The van der Waals surface area contributed by atoms with Crippen molar-refractivity contribution in [2.45, 2.75) is 11.4 Å². The molecule has 27 heavy (non-hydrogen) atoms. The number of hydrogen-bond donors (Lipinski definition) is 0. The van der Waals surface area contributed by atoms with Crippen molar-refractivity contribution in [2.75, 3.05) is 20.6 Å². The third-order valence-electron chi connectivity index (χ3n) is 3.88. The average Bonchev–Trinajstić information content (AvgIpc) is 2.64. The van der Waals surface area contributed by atoms with E-state index in [1.54, 1.807) is 0 Å². The highest BCUT2D eigenvalue weighted by molar-refractivity contribution is 7.89. The lowest BCUT2D eigenvalue weighted by Gasteiger charge is -2.22. The number of sulfonamides is 1. The van der Waals surface area contributed by atoms with Crippen LogP contribution in [0.15, 0.2) is 47.4 Å². The minimum Gasteiger partial charge on any atom is -0.340 e. The summed E-state index contributed by atoms with van der Waals surface area (Å²) >= 11 is 0. The van der Waals surface area contributed by atoms with Gasteiger partial charge < -0.3 is 4.90 Å². The molecule has 0 bridgehead atoms. The van der Waals surface area contributed by atoms with Gasteiger partial charge in [0.05, 0.1) is 23.1 Å². The number of likely N-dealkylation sites (N-methyl/N-ethyl adjacent to an activating group) is 2. The molecule has 0 aliphatic heterocycles. The van der Waals surface area contributed by atoms with E-state index < -0.39 is 34.1 Å². The molecule has 0 atom stereocenters. The van der Waals surface area contributed by atoms with Crippen molar-refractivity contribution in [3.05, 3.63) is 65.2 Å². The zero-order valence-electron chi connectivity index (χ0n) is 14.7. The highest BCUT2D eigenvalue weighted by Crippen LogP contribution is 2.16. The van der Waals surface area contributed by atoms with E-state index in [0.29, 0.717) is 11.1 Å². The zero-order valence-corrected chi connectivity index (χ0v) is 15.5. The van der Waals surface area contributed by atoms with E-state index in [-0.39, 0.29) is 11.4 Å². The highest BCUT2D eigenvalue weighted by Gasteiger charge is 2.24. The Labute approximate surface area is 156 Å². The van der Waals surface area contributed by atoms with Crippen LogP contribution in [0.2, 0.25) is 0 Å². The molecule has 0 heterocycles. The van der Waals surface area contributed by atoms with Crippen LogP contribution in [0.1, 0.15) is 11.1 Å². The molecule has 0 aliphatic carbocycles. The summed E-state index contributed by atoms with van der Waals surface area (Å²) in [6.45, 7) is -0.427. The van der Waals surface area contributed by atoms with E-state index in [1.165, 1.54) is 49.3 Å². The maximum absolute atomic E-state index is 13.3. The second kappa shape index (κ2) is 8.24. The molecule has 2 aromatic rings. The average molecular weight is 393 g/mol. The first kappa shape index (κ1) is 20.5. The Morgan fingerprint density at radius 2 is 1.70 bits per heavy atom. The van der Waals surface area contributed by atoms with Crippen LogP contribution in [0.3, 0.4) is 0 Å². The van der Waals surface area contributed by atoms with E-state index >= 15 is 0 Å². The number of rotatable bonds is 6. The summed E-state index contributed by atoms with van der Waals surface area (Å²) in [4.78, 5) is 13.5. The molecule has 0 saturated heterocycles. The van der Waals surface area contributed by atoms with Crippen molar-refractivity contribution in [3.8, 4) is 6.07 Å². The standard InChI is InChI=1S/C18H17F2N3O3S/c1-22(11-14-5-8-16(19)17(20)9-14)18(24)12-23(2)27(25,26)15-6-3-13(10-21)4-7-15/h3-9H,11-12H2,1-2H3. The van der Waals surface area contributed by atoms with E-state index in [9.17, 15) is 22.0 Å². The predicted molar refractivity (Wildman–Crippen MR) is 93.8 cm³/mol. The van der Waals surface area contributed by atoms with Gasteiger partial charge in [-0.25, -0.2) is 17.2 Å². The molecule has 0 N–H and O–H groups in total. The van der Waals surface area contributed by atoms with Gasteiger partial charge in [-0.1, -0.05) is 6.07 Å². The summed E-state index contributed by atoms with van der Waals surface area (Å²) < 4.78 is 52.1. The van der Waals surface area contributed by atoms with E-state index in [2.05, 4.69) is 0 Å². The molecule has 0 radical (unpaired) electrons. The molecule has 1 amide bonds. The van der Waals surface area contributed by atoms with Gasteiger partial charge in [0.25, 0.3) is 0 Å². The molecule has 0 spiro atoms. The van der Waals surface area contributed by atoms with Gasteiger partial charge in [0.15, 0.2) is 11.6 Å². The summed E-state index contributed by atoms with van der Waals surface area (Å²) in [5, 5.41) is 8.77. The zero-order chi connectivity index (χ0) is 20.2. The first-order valence-electron chi connectivity index (χ1n) is 7.79. The van der Waals surface area contributed by atoms with Crippen LogP contribution < -0.4 is 0 Å². The summed E-state index contributed by atoms with van der Waals surface area (Å²) in [5.74, 6) is -2.52. The second-order valence-electron chi connectivity index (χ2n) is 5.90. The maximum Gasteiger partial charge on any atom is 0.243 e. The Bertz CT molecular complexity index is 986. The van der Waals surface area contributed by atoms with Gasteiger partial charge in [0, 0.05) is 20.6 Å². The fourth-order valence-corrected chi connectivity index (χ4v) is 3.40. The highest BCUT2D eigenvalue weighted by atomic mass is 32.2. The molecular weight excluding hydrogens is 376 g/mol. The number of halogens is 2. The monoisotopic (exact) mass is 393 g/mol. The number of nitriles is 1. The Morgan fingerprint density at radius 1 is 1.07 bits per heavy atom. The summed E-state index contributed by atoms with van der Waals surface area (Å²) in [6.07, 6.45) is 0. The van der Waals surface area contributed by atoms with Crippen molar-refractivity contribution in [3.63, 3.8) is 0 Å². The van der Waals surface area contributed by atoms with Gasteiger partial charge in [0.1, 0.15) is 0 Å². The largest absolute Gasteiger partial charge is 0.340 e. The van der Waals surface area contributed by atoms with E-state index in [0.717, 1.165) is 16.4 Å². The van der Waals surface area contributed by atoms with Crippen molar-refractivity contribution in [2.24, 2.45) is 0 Å². The Morgan fingerprint density at radius 3 is 2.26 bits per heavy atom. The number of nitrogens with zero attached hydrogens (tertiary/aromatic N) is 3. The lowest BCUT2D eigenvalue weighted by molar-refractivity contribution is -0.130. The molecule has 9 heteroatoms. The quantitative estimate of drug-likeness (QED) is 0.753. The van der Waals surface area contributed by atoms with Gasteiger partial charge in [-0.2, -0.15) is 9.57 Å². The number of carbonyl (C=O) groups is 1. The van der Waals surface area contributed by atoms with Crippen LogP contribution in [0.5, 0.6) is 0 Å². The fraction of sp³-hybridized carbons (Fsp3) is 0.222. The van der Waals surface area contributed by atoms with Crippen molar-refractivity contribution >= 4 is 15.9 Å². The van der Waals surface area contributed by atoms with Crippen molar-refractivity contribution < 1.29 is 22.0 Å². The molecule has 0 aliphatic rings. The van der Waals surface area contributed by atoms with Crippen LogP contribution in [0, 0.1) is 23.0 Å². The van der Waals surface area contributed by atoms with Crippen LogP contribution in [-0.2, 0) is 21.4 Å². The number of benzene rings is 2. The minimum absolute atomic E-state index is 0.000781. The minimum atomic E-state index is -3.91. The third kappa shape index (κ3) is 4.87. The topological polar surface area (TPSA) is 81.5 Å². The maximum atomic E-state index is 13.3. The smallest absolute Gasteiger partial charge is 0.243 e. The SMILES string of the molecule is CN(Cc1ccc(F)c(F)c1)C(=O)CN(C)S(=O)(=O)c1ccc(C#N)cc1. The molecule has 2 rings (SSSR count). The molecule has 0 aromatic heterocycles. The van der Waals surface area contributed by atoms with Crippen molar-refractivity contribution in [1.29, 1.82) is 5.26 Å². The van der Waals surface area contributed by atoms with Gasteiger partial charge in [-0.3, -0.25) is 4.79 Å². The predicted octanol–water partition coefficient (Wildman–Crippen LogP) is 2.12. The first-order valence-corrected chi connectivity index (χ1v) is 9.23. The second-order valence-corrected chi connectivity index (χ2v) is 7.94. The van der Waals surface area contributed by atoms with Crippen LogP contribution in [0.4, 0.5) is 8.78 Å². The molecule has 0 fully saturated rings. The molecule has 6 nitrogen and oxygen atoms in total. The number of amides is 1. The normalized spacial score (nSPS) is 11.3.